The van der Waals surface area contributed by atoms with Gasteiger partial charge in [-0.25, -0.2) is 9.11 Å². The second-order valence-electron chi connectivity index (χ2n) is 5.12. The van der Waals surface area contributed by atoms with Crippen molar-refractivity contribution in [1.82, 2.24) is 14.8 Å². The van der Waals surface area contributed by atoms with E-state index in [2.05, 4.69) is 18.2 Å². The minimum absolute atomic E-state index is 0.282. The summed E-state index contributed by atoms with van der Waals surface area (Å²) >= 11 is 0. The summed E-state index contributed by atoms with van der Waals surface area (Å²) in [6.07, 6.45) is -3.59. The zero-order valence-electron chi connectivity index (χ0n) is 13.2. The number of nitrogens with zero attached hydrogens (tertiary/aromatic N) is 2. The van der Waals surface area contributed by atoms with E-state index in [1.807, 2.05) is 4.98 Å². The van der Waals surface area contributed by atoms with Crippen molar-refractivity contribution in [1.29, 1.82) is 0 Å². The molecular weight excluding hydrogens is 455 g/mol. The summed E-state index contributed by atoms with van der Waals surface area (Å²) in [5.41, 5.74) is -1.78. The monoisotopic (exact) mass is 465 g/mol. The Balaban J connectivity index is 1.99. The van der Waals surface area contributed by atoms with E-state index >= 15 is 0 Å². The van der Waals surface area contributed by atoms with Crippen molar-refractivity contribution in [2.75, 3.05) is 6.61 Å². The number of aliphatic hydroxyl groups excluding tert-OH is 1. The summed E-state index contributed by atoms with van der Waals surface area (Å²) in [5, 5.41) is 13.3. The van der Waals surface area contributed by atoms with Crippen LogP contribution in [0.3, 0.4) is 0 Å². The first kappa shape index (κ1) is 23.2. The second kappa shape index (κ2) is 8.36. The lowest BCUT2D eigenvalue weighted by atomic mass is 10.2. The van der Waals surface area contributed by atoms with E-state index in [4.69, 9.17) is 4.74 Å². The third-order valence-corrected chi connectivity index (χ3v) is 6.68. The summed E-state index contributed by atoms with van der Waals surface area (Å²) in [6, 6.07) is 0. The molecule has 2 rings (SSSR count). The molecule has 0 aromatic carbocycles. The van der Waals surface area contributed by atoms with Gasteiger partial charge in [0.25, 0.3) is 21.2 Å². The number of phosphoric acid groups is 3. The maximum Gasteiger partial charge on any atom is 0.347 e. The van der Waals surface area contributed by atoms with Crippen LogP contribution in [0.25, 0.3) is 0 Å². The fourth-order valence-electron chi connectivity index (χ4n) is 2.03. The molecule has 1 fully saturated rings. The van der Waals surface area contributed by atoms with E-state index < -0.39 is 59.8 Å². The van der Waals surface area contributed by atoms with Crippen LogP contribution in [-0.4, -0.2) is 38.7 Å². The number of nitrogens with one attached hydrogen (secondary N) is 1. The molecule has 1 saturated heterocycles. The molecule has 20 heteroatoms. The molecule has 0 amide bonds. The predicted molar refractivity (Wildman–Crippen MR) is 74.6 cm³/mol. The molecule has 1 aromatic rings. The molecule has 160 valence electrons. The highest BCUT2D eigenvalue weighted by molar-refractivity contribution is 7.64. The third-order valence-electron chi connectivity index (χ3n) is 3.01. The van der Waals surface area contributed by atoms with Gasteiger partial charge in [0.15, 0.2) is 6.23 Å². The molecule has 2 N–H and O–H groups in total. The van der Waals surface area contributed by atoms with Gasteiger partial charge in [-0.2, -0.15) is 9.78 Å². The first-order valence-corrected chi connectivity index (χ1v) is 11.3. The summed E-state index contributed by atoms with van der Waals surface area (Å²) in [4.78, 5) is 67.3. The molecule has 1 aromatic heterocycles. The zero-order chi connectivity index (χ0) is 21.3. The summed E-state index contributed by atoms with van der Waals surface area (Å²) in [6.45, 7) is -1.02. The number of ether oxygens (including phenoxy) is 1. The number of aliphatic hydroxyl groups is 1. The Kier molecular flexibility index (Phi) is 6.93. The normalized spacial score (nSPS) is 27.2. The minimum Gasteiger partial charge on any atom is -0.790 e. The van der Waals surface area contributed by atoms with E-state index in [-0.39, 0.29) is 6.42 Å². The van der Waals surface area contributed by atoms with Crippen LogP contribution in [0.2, 0.25) is 0 Å². The maximum absolute atomic E-state index is 11.6. The van der Waals surface area contributed by atoms with Gasteiger partial charge < -0.3 is 38.5 Å². The van der Waals surface area contributed by atoms with Gasteiger partial charge in [0.05, 0.1) is 20.5 Å². The van der Waals surface area contributed by atoms with Crippen molar-refractivity contribution in [2.45, 2.75) is 24.9 Å². The molecule has 1 aliphatic rings. The minimum atomic E-state index is -6.12. The van der Waals surface area contributed by atoms with Gasteiger partial charge in [0, 0.05) is 6.42 Å². The second-order valence-corrected chi connectivity index (χ2v) is 9.36. The Labute approximate surface area is 153 Å². The molecule has 5 unspecified atom stereocenters. The lowest BCUT2D eigenvalue weighted by Gasteiger charge is -2.37. The van der Waals surface area contributed by atoms with Gasteiger partial charge in [-0.3, -0.25) is 23.2 Å². The SMILES string of the molecule is O=c1cnn(C2CC(O)C(COP(=O)([O-])OP(=O)([O-])OP(=O)([O-])[O-])O2)c(=O)[nH]1. The van der Waals surface area contributed by atoms with Crippen LogP contribution in [0.4, 0.5) is 0 Å². The van der Waals surface area contributed by atoms with E-state index in [9.17, 15) is 48.0 Å². The summed E-state index contributed by atoms with van der Waals surface area (Å²) in [5.74, 6) is 0. The van der Waals surface area contributed by atoms with Gasteiger partial charge in [-0.15, -0.1) is 0 Å². The van der Waals surface area contributed by atoms with Crippen molar-refractivity contribution < 1.29 is 56.3 Å². The molecular formula is C8H10N3O14P3-4. The van der Waals surface area contributed by atoms with Crippen LogP contribution in [0, 0.1) is 0 Å². The van der Waals surface area contributed by atoms with Crippen LogP contribution in [-0.2, 0) is 31.6 Å². The largest absolute Gasteiger partial charge is 0.790 e. The fourth-order valence-corrected chi connectivity index (χ4v) is 4.89. The highest BCUT2D eigenvalue weighted by Crippen LogP contribution is 2.60. The summed E-state index contributed by atoms with van der Waals surface area (Å²) < 4.78 is 49.0. The molecule has 28 heavy (non-hydrogen) atoms. The average Bonchev–Trinajstić information content (AvgIpc) is 2.82. The smallest absolute Gasteiger partial charge is 0.347 e. The Hall–Kier alpha value is -1.06. The Morgan fingerprint density at radius 1 is 1.21 bits per heavy atom. The molecule has 0 bridgehead atoms. The Bertz CT molecular complexity index is 967. The van der Waals surface area contributed by atoms with Crippen molar-refractivity contribution in [3.05, 3.63) is 27.0 Å². The molecule has 0 spiro atoms. The van der Waals surface area contributed by atoms with Gasteiger partial charge >= 0.3 is 5.69 Å². The first-order valence-electron chi connectivity index (χ1n) is 6.90. The molecule has 5 atom stereocenters. The highest BCUT2D eigenvalue weighted by Gasteiger charge is 2.37. The van der Waals surface area contributed by atoms with Gasteiger partial charge in [-0.1, -0.05) is 0 Å². The van der Waals surface area contributed by atoms with Crippen LogP contribution in [0.15, 0.2) is 15.8 Å². The van der Waals surface area contributed by atoms with E-state index in [1.54, 1.807) is 0 Å². The molecule has 1 aliphatic heterocycles. The number of phosphoric ester groups is 1. The maximum atomic E-state index is 11.6. The van der Waals surface area contributed by atoms with Crippen LogP contribution in [0.1, 0.15) is 12.6 Å². The number of H-pyrrole nitrogens is 1. The standard InChI is InChI=1S/C8H14N3O14P3/c12-4-1-7(11-8(14)10-6(13)2-9-11)23-5(4)3-22-27(18,19)25-28(20,21)24-26(15,16)17/h2,4-5,7,12H,1,3H2,(H,18,19)(H,20,21)(H,10,13,14)(H2,15,16,17)/p-4. The average molecular weight is 465 g/mol. The van der Waals surface area contributed by atoms with Gasteiger partial charge in [0.2, 0.25) is 0 Å². The quantitative estimate of drug-likeness (QED) is 0.342. The number of hydrogen-bond acceptors (Lipinski definition) is 15. The van der Waals surface area contributed by atoms with Gasteiger partial charge in [-0.05, 0) is 0 Å². The molecule has 0 radical (unpaired) electrons. The van der Waals surface area contributed by atoms with Crippen molar-refractivity contribution in [3.63, 3.8) is 0 Å². The number of rotatable bonds is 8. The fraction of sp³-hybridized carbons (Fsp3) is 0.625. The van der Waals surface area contributed by atoms with Crippen molar-refractivity contribution in [2.24, 2.45) is 0 Å². The molecule has 0 aliphatic carbocycles. The topological polar surface area (TPSA) is 268 Å². The van der Waals surface area contributed by atoms with E-state index in [0.29, 0.717) is 4.68 Å². The van der Waals surface area contributed by atoms with Crippen molar-refractivity contribution in [3.8, 4) is 0 Å². The van der Waals surface area contributed by atoms with Crippen LogP contribution < -0.4 is 30.8 Å². The van der Waals surface area contributed by atoms with Crippen molar-refractivity contribution >= 4 is 23.5 Å². The Morgan fingerprint density at radius 3 is 2.43 bits per heavy atom. The first-order chi connectivity index (χ1) is 12.7. The predicted octanol–water partition coefficient (Wildman–Crippen LogP) is -4.60. The number of aromatic amines is 1. The lowest BCUT2D eigenvalue weighted by Crippen LogP contribution is -2.34. The summed E-state index contributed by atoms with van der Waals surface area (Å²) in [7, 11) is -18.0. The lowest BCUT2D eigenvalue weighted by molar-refractivity contribution is -0.339. The van der Waals surface area contributed by atoms with Crippen LogP contribution in [0.5, 0.6) is 0 Å². The highest BCUT2D eigenvalue weighted by atomic mass is 31.3. The van der Waals surface area contributed by atoms with E-state index in [0.717, 1.165) is 6.20 Å². The zero-order valence-corrected chi connectivity index (χ0v) is 15.9. The molecule has 0 saturated carbocycles. The van der Waals surface area contributed by atoms with E-state index in [1.165, 1.54) is 0 Å². The third kappa shape index (κ3) is 6.77. The number of aromatic nitrogens is 3. The Morgan fingerprint density at radius 2 is 1.86 bits per heavy atom. The number of hydrogen-bond donors (Lipinski definition) is 2. The molecule has 17 nitrogen and oxygen atoms in total. The molecule has 2 heterocycles. The van der Waals surface area contributed by atoms with Crippen LogP contribution >= 0.6 is 23.5 Å². The van der Waals surface area contributed by atoms with Gasteiger partial charge in [0.1, 0.15) is 12.3 Å².